The van der Waals surface area contributed by atoms with Crippen LogP contribution in [0.25, 0.3) is 0 Å². The Balaban J connectivity index is 0.000000385. The molecule has 0 amide bonds. The van der Waals surface area contributed by atoms with Gasteiger partial charge >= 0.3 is 35.6 Å². The van der Waals surface area contributed by atoms with Crippen LogP contribution in [0.2, 0.25) is 0 Å². The summed E-state index contributed by atoms with van der Waals surface area (Å²) in [6.07, 6.45) is 10.0. The summed E-state index contributed by atoms with van der Waals surface area (Å²) < 4.78 is 0. The van der Waals surface area contributed by atoms with Gasteiger partial charge in [-0.05, 0) is 61.6 Å². The van der Waals surface area contributed by atoms with Crippen LogP contribution in [0.5, 0.6) is 5.75 Å². The molecule has 1 fully saturated rings. The van der Waals surface area contributed by atoms with Gasteiger partial charge in [-0.25, -0.2) is 0 Å². The molecule has 4 rings (SSSR count). The third-order valence-electron chi connectivity index (χ3n) is 4.65. The van der Waals surface area contributed by atoms with Crippen LogP contribution < -0.4 is 15.9 Å². The first-order valence-corrected chi connectivity index (χ1v) is 15.9. The molecule has 0 aliphatic heterocycles. The molecule has 165 valence electrons. The van der Waals surface area contributed by atoms with Gasteiger partial charge in [0.2, 0.25) is 0 Å². The monoisotopic (exact) mass is 517 g/mol. The number of hydrogen-bond acceptors (Lipinski definition) is 1. The Morgan fingerprint density at radius 1 is 0.656 bits per heavy atom. The first kappa shape index (κ1) is 27.4. The quantitative estimate of drug-likeness (QED) is 0.297. The second-order valence-corrected chi connectivity index (χ2v) is 12.7. The van der Waals surface area contributed by atoms with E-state index in [0.717, 1.165) is 10.9 Å². The average Bonchev–Trinajstić information content (AvgIpc) is 3.37. The van der Waals surface area contributed by atoms with E-state index in [2.05, 4.69) is 81.4 Å². The molecule has 0 bridgehead atoms. The number of halogens is 2. The van der Waals surface area contributed by atoms with Gasteiger partial charge < -0.3 is 5.11 Å². The molecule has 1 saturated carbocycles. The molecule has 3 aromatic rings. The fraction of sp³-hybridized carbons (Fsp3) is 0.148. The molecule has 0 heterocycles. The fourth-order valence-electron chi connectivity index (χ4n) is 3.22. The van der Waals surface area contributed by atoms with Gasteiger partial charge in [0.05, 0.1) is 0 Å². The van der Waals surface area contributed by atoms with E-state index in [1.54, 1.807) is 0 Å². The summed E-state index contributed by atoms with van der Waals surface area (Å²) in [5.74, 6) is 0.434. The zero-order chi connectivity index (χ0) is 23.4. The van der Waals surface area contributed by atoms with Crippen LogP contribution in [0.15, 0.2) is 78.9 Å². The zero-order valence-corrected chi connectivity index (χ0v) is 22.5. The molecular formula is C27H28Cl2OPTi. The molecule has 0 spiro atoms. The molecule has 1 nitrogen and oxygen atoms in total. The Bertz CT molecular complexity index is 863. The van der Waals surface area contributed by atoms with Crippen LogP contribution in [-0.2, 0) is 22.4 Å². The van der Waals surface area contributed by atoms with Crippen molar-refractivity contribution in [1.82, 2.24) is 0 Å². The van der Waals surface area contributed by atoms with Gasteiger partial charge in [-0.3, -0.25) is 0 Å². The molecular weight excluding hydrogens is 490 g/mol. The predicted molar refractivity (Wildman–Crippen MR) is 139 cm³/mol. The molecule has 0 unspecified atom stereocenters. The number of rotatable bonds is 3. The van der Waals surface area contributed by atoms with Crippen LogP contribution in [0.4, 0.5) is 0 Å². The van der Waals surface area contributed by atoms with E-state index in [4.69, 9.17) is 18.6 Å². The molecule has 0 atom stereocenters. The summed E-state index contributed by atoms with van der Waals surface area (Å²) in [5, 5.41) is 14.6. The molecule has 5 heteroatoms. The number of phenolic OH excluding ortho intramolecular Hbond substituents is 1. The van der Waals surface area contributed by atoms with Crippen molar-refractivity contribution < 1.29 is 22.1 Å². The summed E-state index contributed by atoms with van der Waals surface area (Å²) in [4.78, 5) is 0. The minimum absolute atomic E-state index is 0.0888. The van der Waals surface area contributed by atoms with Crippen LogP contribution >= 0.6 is 26.5 Å². The van der Waals surface area contributed by atoms with Crippen molar-refractivity contribution >= 4 is 42.4 Å². The van der Waals surface area contributed by atoms with Crippen LogP contribution in [0, 0.1) is 32.1 Å². The Morgan fingerprint density at radius 3 is 1.44 bits per heavy atom. The van der Waals surface area contributed by atoms with Gasteiger partial charge in [0.1, 0.15) is 5.75 Å². The topological polar surface area (TPSA) is 20.2 Å². The van der Waals surface area contributed by atoms with E-state index in [1.165, 1.54) is 10.6 Å². The standard InChI is InChI=1S/C22H23OP.C5H5.2ClH.Ti/c1-22(2,3)19-15-10-16-20(21(19)23)24(17-11-6-4-7-12-17)18-13-8-5-9-14-18;1-2-4-5-3-1;;;/h4-16,23H,1-3H3;1-5H;2*1H;/q;;;;+2/p-2. The van der Waals surface area contributed by atoms with Gasteiger partial charge in [0.15, 0.2) is 0 Å². The first-order valence-electron chi connectivity index (χ1n) is 10.3. The molecule has 1 aliphatic carbocycles. The van der Waals surface area contributed by atoms with Crippen LogP contribution in [-0.4, -0.2) is 5.11 Å². The second kappa shape index (κ2) is 14.4. The Morgan fingerprint density at radius 2 is 1.06 bits per heavy atom. The van der Waals surface area contributed by atoms with Gasteiger partial charge in [0, 0.05) is 5.30 Å². The third kappa shape index (κ3) is 8.51. The average molecular weight is 518 g/mol. The molecule has 3 aromatic carbocycles. The van der Waals surface area contributed by atoms with Crippen molar-refractivity contribution in [2.45, 2.75) is 26.2 Å². The summed E-state index contributed by atoms with van der Waals surface area (Å²) in [7, 11) is 9.00. The Labute approximate surface area is 212 Å². The van der Waals surface area contributed by atoms with Crippen molar-refractivity contribution in [3.05, 3.63) is 117 Å². The summed E-state index contributed by atoms with van der Waals surface area (Å²) in [6.45, 7) is 6.41. The van der Waals surface area contributed by atoms with Gasteiger partial charge in [-0.2, -0.15) is 0 Å². The van der Waals surface area contributed by atoms with Gasteiger partial charge in [-0.1, -0.05) is 99.6 Å². The molecule has 32 heavy (non-hydrogen) atoms. The number of phenols is 1. The summed E-state index contributed by atoms with van der Waals surface area (Å²) in [6, 6.07) is 27.1. The van der Waals surface area contributed by atoms with E-state index in [9.17, 15) is 5.11 Å². The second-order valence-electron chi connectivity index (χ2n) is 7.96. The van der Waals surface area contributed by atoms with Crippen LogP contribution in [0.1, 0.15) is 26.3 Å². The van der Waals surface area contributed by atoms with Crippen molar-refractivity contribution in [2.24, 2.45) is 0 Å². The maximum absolute atomic E-state index is 11.0. The molecule has 5 radical (unpaired) electrons. The van der Waals surface area contributed by atoms with Crippen molar-refractivity contribution in [2.75, 3.05) is 0 Å². The number of para-hydroxylation sites is 1. The SMILES string of the molecule is CC(C)(C)c1cccc(P(c2ccccc2)c2ccccc2)c1O.[CH]1[CH][CH][CH][CH]1.[Cl][Ti][Cl]. The van der Waals surface area contributed by atoms with E-state index in [0.29, 0.717) is 5.75 Å². The van der Waals surface area contributed by atoms with Crippen molar-refractivity contribution in [3.63, 3.8) is 0 Å². The zero-order valence-electron chi connectivity index (χ0n) is 18.5. The van der Waals surface area contributed by atoms with E-state index in [-0.39, 0.29) is 5.41 Å². The number of hydrogen-bond donors (Lipinski definition) is 1. The summed E-state index contributed by atoms with van der Waals surface area (Å²) >= 11 is -0.556. The summed E-state index contributed by atoms with van der Waals surface area (Å²) in [5.41, 5.74) is 0.911. The van der Waals surface area contributed by atoms with Gasteiger partial charge in [-0.15, -0.1) is 0 Å². The van der Waals surface area contributed by atoms with E-state index < -0.39 is 25.0 Å². The molecule has 0 aromatic heterocycles. The minimum atomic E-state index is -0.780. The molecule has 1 aliphatic rings. The predicted octanol–water partition coefficient (Wildman–Crippen LogP) is 6.85. The maximum atomic E-state index is 11.0. The van der Waals surface area contributed by atoms with E-state index in [1.807, 2.05) is 50.3 Å². The Hall–Kier alpha value is -0.816. The molecule has 0 saturated heterocycles. The number of aromatic hydroxyl groups is 1. The third-order valence-corrected chi connectivity index (χ3v) is 7.12. The molecule has 1 N–H and O–H groups in total. The van der Waals surface area contributed by atoms with E-state index >= 15 is 0 Å². The van der Waals surface area contributed by atoms with Gasteiger partial charge in [0.25, 0.3) is 0 Å². The van der Waals surface area contributed by atoms with Crippen molar-refractivity contribution in [3.8, 4) is 5.75 Å². The van der Waals surface area contributed by atoms with Crippen molar-refractivity contribution in [1.29, 1.82) is 0 Å². The first-order chi connectivity index (χ1) is 15.4. The Kier molecular flexibility index (Phi) is 12.4. The van der Waals surface area contributed by atoms with Crippen LogP contribution in [0.3, 0.4) is 0 Å². The number of benzene rings is 3. The fourth-order valence-corrected chi connectivity index (χ4v) is 5.58. The normalized spacial score (nSPS) is 12.9.